The Morgan fingerprint density at radius 2 is 2.00 bits per heavy atom. The molecule has 1 aliphatic heterocycles. The molecule has 0 spiro atoms. The van der Waals surface area contributed by atoms with Crippen LogP contribution >= 0.6 is 0 Å². The van der Waals surface area contributed by atoms with E-state index in [4.69, 9.17) is 14.2 Å². The highest BCUT2D eigenvalue weighted by Crippen LogP contribution is 2.36. The Balaban J connectivity index is 1.85. The first-order valence-electron chi connectivity index (χ1n) is 10.2. The van der Waals surface area contributed by atoms with E-state index in [0.29, 0.717) is 23.7 Å². The smallest absolute Gasteiger partial charge is 0.248 e. The van der Waals surface area contributed by atoms with E-state index in [-0.39, 0.29) is 16.7 Å². The summed E-state index contributed by atoms with van der Waals surface area (Å²) in [6.45, 7) is 4.39. The quantitative estimate of drug-likeness (QED) is 0.608. The van der Waals surface area contributed by atoms with Gasteiger partial charge in [0.25, 0.3) is 0 Å². The van der Waals surface area contributed by atoms with Crippen molar-refractivity contribution < 1.29 is 27.4 Å². The lowest BCUT2D eigenvalue weighted by Crippen LogP contribution is -2.22. The zero-order valence-corrected chi connectivity index (χ0v) is 19.7. The zero-order valence-electron chi connectivity index (χ0n) is 18.8. The van der Waals surface area contributed by atoms with Crippen LogP contribution in [0.1, 0.15) is 25.0 Å². The Labute approximate surface area is 188 Å². The van der Waals surface area contributed by atoms with Crippen LogP contribution in [0.4, 0.5) is 5.69 Å². The maximum atomic E-state index is 12.6. The fourth-order valence-electron chi connectivity index (χ4n) is 3.36. The van der Waals surface area contributed by atoms with Gasteiger partial charge in [0.2, 0.25) is 15.9 Å². The first kappa shape index (κ1) is 23.6. The van der Waals surface area contributed by atoms with Gasteiger partial charge in [-0.15, -0.1) is 0 Å². The van der Waals surface area contributed by atoms with Crippen molar-refractivity contribution in [3.05, 3.63) is 47.5 Å². The number of benzene rings is 2. The predicted molar refractivity (Wildman–Crippen MR) is 123 cm³/mol. The Morgan fingerprint density at radius 3 is 2.66 bits per heavy atom. The molecule has 8 nitrogen and oxygen atoms in total. The first-order valence-corrected chi connectivity index (χ1v) is 11.7. The van der Waals surface area contributed by atoms with Crippen LogP contribution in [0, 0.1) is 0 Å². The molecule has 1 unspecified atom stereocenters. The van der Waals surface area contributed by atoms with Gasteiger partial charge in [0.05, 0.1) is 24.3 Å². The van der Waals surface area contributed by atoms with E-state index in [9.17, 15) is 13.2 Å². The molecule has 172 valence electrons. The topological polar surface area (TPSA) is 94.2 Å². The molecule has 32 heavy (non-hydrogen) atoms. The molecule has 0 bridgehead atoms. The maximum absolute atomic E-state index is 12.6. The highest BCUT2D eigenvalue weighted by Gasteiger charge is 2.22. The number of anilines is 1. The number of methoxy groups -OCH3 is 1. The van der Waals surface area contributed by atoms with Crippen LogP contribution in [-0.2, 0) is 21.2 Å². The Kier molecular flexibility index (Phi) is 7.10. The van der Waals surface area contributed by atoms with Gasteiger partial charge in [-0.25, -0.2) is 12.7 Å². The van der Waals surface area contributed by atoms with Crippen molar-refractivity contribution in [3.8, 4) is 17.2 Å². The molecule has 1 atom stereocenters. The molecule has 0 aromatic heterocycles. The number of ether oxygens (including phenoxy) is 3. The lowest BCUT2D eigenvalue weighted by Gasteiger charge is -2.14. The molecule has 0 saturated heterocycles. The Hall–Kier alpha value is -3.04. The third kappa shape index (κ3) is 5.05. The highest BCUT2D eigenvalue weighted by molar-refractivity contribution is 7.89. The van der Waals surface area contributed by atoms with E-state index in [0.717, 1.165) is 22.0 Å². The van der Waals surface area contributed by atoms with Gasteiger partial charge in [-0.1, -0.05) is 0 Å². The molecule has 1 amide bonds. The van der Waals surface area contributed by atoms with E-state index < -0.39 is 15.9 Å². The van der Waals surface area contributed by atoms with Crippen LogP contribution in [0.15, 0.2) is 41.3 Å². The van der Waals surface area contributed by atoms with E-state index in [1.165, 1.54) is 45.5 Å². The second kappa shape index (κ2) is 9.62. The lowest BCUT2D eigenvalue weighted by molar-refractivity contribution is -0.111. The summed E-state index contributed by atoms with van der Waals surface area (Å²) in [5.41, 5.74) is 2.04. The summed E-state index contributed by atoms with van der Waals surface area (Å²) in [5, 5.41) is 2.69. The van der Waals surface area contributed by atoms with Crippen LogP contribution in [0.2, 0.25) is 0 Å². The van der Waals surface area contributed by atoms with Crippen molar-refractivity contribution in [1.29, 1.82) is 0 Å². The number of carbonyl (C=O) groups excluding carboxylic acids is 1. The SMILES string of the molecule is CCOc1cc2c(cc1/C=C/C(=O)Nc1cc(S(=O)(=O)N(C)C)ccc1OC)OC(C)C2. The molecule has 1 N–H and O–H groups in total. The number of fused-ring (bicyclic) bond motifs is 1. The summed E-state index contributed by atoms with van der Waals surface area (Å²) in [5.74, 6) is 1.35. The first-order chi connectivity index (χ1) is 15.1. The van der Waals surface area contributed by atoms with Crippen LogP contribution < -0.4 is 19.5 Å². The minimum atomic E-state index is -3.66. The summed E-state index contributed by atoms with van der Waals surface area (Å²) < 4.78 is 42.8. The number of amides is 1. The monoisotopic (exact) mass is 460 g/mol. The molecule has 9 heteroatoms. The van der Waals surface area contributed by atoms with Crippen molar-refractivity contribution in [2.75, 3.05) is 33.1 Å². The molecule has 0 aliphatic carbocycles. The third-order valence-electron chi connectivity index (χ3n) is 4.95. The molecule has 1 heterocycles. The van der Waals surface area contributed by atoms with Crippen LogP contribution in [0.25, 0.3) is 6.08 Å². The number of nitrogens with one attached hydrogen (secondary N) is 1. The van der Waals surface area contributed by atoms with Gasteiger partial charge >= 0.3 is 0 Å². The fourth-order valence-corrected chi connectivity index (χ4v) is 4.29. The van der Waals surface area contributed by atoms with Gasteiger partial charge in [-0.05, 0) is 50.3 Å². The zero-order chi connectivity index (χ0) is 23.5. The van der Waals surface area contributed by atoms with Crippen molar-refractivity contribution in [1.82, 2.24) is 4.31 Å². The number of carbonyl (C=O) groups is 1. The summed E-state index contributed by atoms with van der Waals surface area (Å²) in [7, 11) is 0.670. The van der Waals surface area contributed by atoms with Crippen LogP contribution in [0.3, 0.4) is 0 Å². The number of nitrogens with zero attached hydrogens (tertiary/aromatic N) is 1. The second-order valence-electron chi connectivity index (χ2n) is 7.54. The molecule has 1 aliphatic rings. The standard InChI is InChI=1S/C23H28N2O6S/c1-6-30-21-13-17-11-15(2)31-22(17)12-16(21)7-10-23(26)24-19-14-18(8-9-20(19)29-5)32(27,28)25(3)4/h7-10,12-15H,6,11H2,1-5H3,(H,24,26)/b10-7+. The van der Waals surface area contributed by atoms with Crippen molar-refractivity contribution >= 4 is 27.7 Å². The summed E-state index contributed by atoms with van der Waals surface area (Å²) in [6, 6.07) is 8.11. The molecule has 0 saturated carbocycles. The molecule has 3 rings (SSSR count). The Morgan fingerprint density at radius 1 is 1.25 bits per heavy atom. The lowest BCUT2D eigenvalue weighted by atomic mass is 10.1. The van der Waals surface area contributed by atoms with Gasteiger partial charge in [-0.2, -0.15) is 0 Å². The summed E-state index contributed by atoms with van der Waals surface area (Å²) >= 11 is 0. The number of hydrogen-bond donors (Lipinski definition) is 1. The fraction of sp³-hybridized carbons (Fsp3) is 0.348. The second-order valence-corrected chi connectivity index (χ2v) is 9.69. The van der Waals surface area contributed by atoms with Crippen LogP contribution in [-0.4, -0.2) is 52.5 Å². The van der Waals surface area contributed by atoms with Gasteiger partial charge in [-0.3, -0.25) is 4.79 Å². The average Bonchev–Trinajstić information content (AvgIpc) is 3.10. The van der Waals surface area contributed by atoms with Gasteiger partial charge < -0.3 is 19.5 Å². The number of sulfonamides is 1. The van der Waals surface area contributed by atoms with E-state index >= 15 is 0 Å². The predicted octanol–water partition coefficient (Wildman–Crippen LogP) is 3.32. The maximum Gasteiger partial charge on any atom is 0.248 e. The highest BCUT2D eigenvalue weighted by atomic mass is 32.2. The average molecular weight is 461 g/mol. The molecular weight excluding hydrogens is 432 g/mol. The molecule has 0 fully saturated rings. The van der Waals surface area contributed by atoms with Crippen molar-refractivity contribution in [2.24, 2.45) is 0 Å². The minimum absolute atomic E-state index is 0.0473. The Bertz CT molecular complexity index is 1140. The van der Waals surface area contributed by atoms with E-state index in [2.05, 4.69) is 5.32 Å². The summed E-state index contributed by atoms with van der Waals surface area (Å²) in [6.07, 6.45) is 3.90. The van der Waals surface area contributed by atoms with Crippen molar-refractivity contribution in [3.63, 3.8) is 0 Å². The molecule has 2 aromatic carbocycles. The molecule has 2 aromatic rings. The largest absolute Gasteiger partial charge is 0.495 e. The minimum Gasteiger partial charge on any atom is -0.495 e. The number of hydrogen-bond acceptors (Lipinski definition) is 6. The third-order valence-corrected chi connectivity index (χ3v) is 6.76. The van der Waals surface area contributed by atoms with E-state index in [1.807, 2.05) is 26.0 Å². The number of rotatable bonds is 8. The molecule has 0 radical (unpaired) electrons. The van der Waals surface area contributed by atoms with Gasteiger partial charge in [0.1, 0.15) is 23.4 Å². The summed E-state index contributed by atoms with van der Waals surface area (Å²) in [4.78, 5) is 12.7. The normalized spacial score (nSPS) is 15.5. The van der Waals surface area contributed by atoms with Gasteiger partial charge in [0, 0.05) is 37.7 Å². The van der Waals surface area contributed by atoms with Gasteiger partial charge in [0.15, 0.2) is 0 Å². The van der Waals surface area contributed by atoms with Crippen molar-refractivity contribution in [2.45, 2.75) is 31.3 Å². The van der Waals surface area contributed by atoms with E-state index in [1.54, 1.807) is 6.08 Å². The molecular formula is C23H28N2O6S. The van der Waals surface area contributed by atoms with Crippen LogP contribution in [0.5, 0.6) is 17.2 Å².